The average Bonchev–Trinajstić information content (AvgIpc) is 2.89. The van der Waals surface area contributed by atoms with Gasteiger partial charge in [0.25, 0.3) is 0 Å². The van der Waals surface area contributed by atoms with Gasteiger partial charge in [0, 0.05) is 0 Å². The van der Waals surface area contributed by atoms with Crippen LogP contribution in [0.4, 0.5) is 0 Å². The molecule has 0 fully saturated rings. The summed E-state index contributed by atoms with van der Waals surface area (Å²) >= 11 is 0.678. The van der Waals surface area contributed by atoms with Gasteiger partial charge in [-0.1, -0.05) is 0 Å². The fraction of sp³-hybridized carbons (Fsp3) is 0.429. The van der Waals surface area contributed by atoms with Gasteiger partial charge in [-0.3, -0.25) is 0 Å². The predicted octanol–water partition coefficient (Wildman–Crippen LogP) is -3.20. The minimum atomic E-state index is -0.708. The number of aldehydes is 1. The first-order chi connectivity index (χ1) is 11.9. The maximum atomic E-state index is 11.8. The van der Waals surface area contributed by atoms with E-state index < -0.39 is 42.1 Å². The van der Waals surface area contributed by atoms with Crippen LogP contribution in [0.5, 0.6) is 0 Å². The number of nitrogens with zero attached hydrogens (tertiary/aromatic N) is 1. The molecule has 0 saturated carbocycles. The van der Waals surface area contributed by atoms with Crippen molar-refractivity contribution in [3.63, 3.8) is 0 Å². The van der Waals surface area contributed by atoms with Gasteiger partial charge in [0.05, 0.1) is 0 Å². The summed E-state index contributed by atoms with van der Waals surface area (Å²) in [6.45, 7) is -0.534. The third kappa shape index (κ3) is 7.11. The van der Waals surface area contributed by atoms with Crippen molar-refractivity contribution < 1.29 is 28.8 Å². The van der Waals surface area contributed by atoms with Crippen LogP contribution in [0, 0.1) is 0 Å². The first-order valence-electron chi connectivity index (χ1n) is 7.34. The third-order valence-electron chi connectivity index (χ3n) is 3.09. The number of amides is 5. The Morgan fingerprint density at radius 2 is 1.76 bits per heavy atom. The van der Waals surface area contributed by atoms with Crippen molar-refractivity contribution in [2.24, 2.45) is 0 Å². The molecule has 1 atom stereocenters. The third-order valence-corrected chi connectivity index (χ3v) is 4.68. The normalized spacial score (nSPS) is 14.2. The van der Waals surface area contributed by atoms with E-state index in [1.807, 2.05) is 0 Å². The van der Waals surface area contributed by atoms with Crippen LogP contribution in [-0.4, -0.2) is 92.2 Å². The Labute approximate surface area is 159 Å². The van der Waals surface area contributed by atoms with Gasteiger partial charge in [-0.05, 0) is 0 Å². The van der Waals surface area contributed by atoms with E-state index in [-0.39, 0.29) is 19.5 Å². The summed E-state index contributed by atoms with van der Waals surface area (Å²) in [4.78, 5) is 68.8. The van der Waals surface area contributed by atoms with Gasteiger partial charge < -0.3 is 0 Å². The molecule has 1 unspecified atom stereocenters. The van der Waals surface area contributed by atoms with Gasteiger partial charge in [-0.15, -0.1) is 0 Å². The second kappa shape index (κ2) is 10.7. The van der Waals surface area contributed by atoms with Crippen LogP contribution in [-0.2, 0) is 28.8 Å². The monoisotopic (exact) mass is 545 g/mol. The molecule has 1 aliphatic heterocycles. The molecule has 0 aromatic rings. The second-order valence-corrected chi connectivity index (χ2v) is 6.52. The van der Waals surface area contributed by atoms with Crippen LogP contribution < -0.4 is 16.0 Å². The topological polar surface area (TPSA) is 142 Å². The van der Waals surface area contributed by atoms with Crippen LogP contribution in [0.2, 0.25) is 3.98 Å². The van der Waals surface area contributed by atoms with E-state index in [0.29, 0.717) is 36.0 Å². The zero-order valence-electron chi connectivity index (χ0n) is 13.2. The number of hydrogen-bond donors (Lipinski definition) is 3. The number of carbonyl (C=O) groups excluding carboxylic acids is 6. The zero-order valence-corrected chi connectivity index (χ0v) is 17.1. The van der Waals surface area contributed by atoms with Gasteiger partial charge in [0.1, 0.15) is 0 Å². The molecule has 1 aliphatic rings. The molecule has 1 heterocycles. The summed E-state index contributed by atoms with van der Waals surface area (Å²) in [6.07, 6.45) is 2.63. The molecule has 0 aromatic heterocycles. The van der Waals surface area contributed by atoms with Crippen molar-refractivity contribution in [1.29, 1.82) is 0 Å². The molecule has 3 N–H and O–H groups in total. The average molecular weight is 545 g/mol. The van der Waals surface area contributed by atoms with Crippen LogP contribution >= 0.6 is 0 Å². The Hall–Kier alpha value is -2.12. The van der Waals surface area contributed by atoms with Gasteiger partial charge >= 0.3 is 159 Å². The molecule has 0 aromatic carbocycles. The summed E-state index contributed by atoms with van der Waals surface area (Å²) in [5.74, 6) is -2.56. The van der Waals surface area contributed by atoms with E-state index in [2.05, 4.69) is 16.0 Å². The Morgan fingerprint density at radius 1 is 1.12 bits per heavy atom. The van der Waals surface area contributed by atoms with Gasteiger partial charge in [-0.2, -0.15) is 0 Å². The van der Waals surface area contributed by atoms with Crippen molar-refractivity contribution >= 4 is 61.6 Å². The first kappa shape index (κ1) is 20.9. The first-order valence-corrected chi connectivity index (χ1v) is 10.1. The molecular formula is C14H17N4O6Pb. The SMILES string of the molecule is O=CCNC(=O)C([CH2][Pb])NC(=O)CCNC(=O)CN1C(=O)C=CC1=O. The second-order valence-electron chi connectivity index (χ2n) is 4.93. The molecule has 25 heavy (non-hydrogen) atoms. The molecular weight excluding hydrogens is 527 g/mol. The number of rotatable bonds is 10. The van der Waals surface area contributed by atoms with Crippen LogP contribution in [0.15, 0.2) is 12.2 Å². The van der Waals surface area contributed by atoms with Crippen LogP contribution in [0.1, 0.15) is 6.42 Å². The molecule has 5 amide bonds. The van der Waals surface area contributed by atoms with Crippen molar-refractivity contribution in [2.75, 3.05) is 19.6 Å². The van der Waals surface area contributed by atoms with Crippen LogP contribution in [0.3, 0.4) is 0 Å². The number of imide groups is 1. The summed E-state index contributed by atoms with van der Waals surface area (Å²) in [6, 6.07) is -0.708. The van der Waals surface area contributed by atoms with E-state index >= 15 is 0 Å². The Balaban J connectivity index is 2.30. The predicted molar refractivity (Wildman–Crippen MR) is 85.1 cm³/mol. The quantitative estimate of drug-likeness (QED) is 0.150. The Bertz CT molecular complexity index is 588. The zero-order chi connectivity index (χ0) is 18.8. The van der Waals surface area contributed by atoms with E-state index in [1.54, 1.807) is 0 Å². The van der Waals surface area contributed by atoms with Crippen molar-refractivity contribution in [3.05, 3.63) is 12.2 Å². The fourth-order valence-corrected chi connectivity index (χ4v) is 2.96. The molecule has 11 heteroatoms. The van der Waals surface area contributed by atoms with E-state index in [1.165, 1.54) is 0 Å². The Morgan fingerprint density at radius 3 is 2.32 bits per heavy atom. The molecule has 0 bridgehead atoms. The molecule has 133 valence electrons. The molecule has 1 rings (SSSR count). The summed E-state index contributed by atoms with van der Waals surface area (Å²) in [7, 11) is 0. The van der Waals surface area contributed by atoms with Gasteiger partial charge in [0.2, 0.25) is 0 Å². The van der Waals surface area contributed by atoms with Gasteiger partial charge in [0.15, 0.2) is 0 Å². The molecule has 0 saturated heterocycles. The Kier molecular flexibility index (Phi) is 8.94. The number of carbonyl (C=O) groups is 6. The van der Waals surface area contributed by atoms with Gasteiger partial charge in [-0.25, -0.2) is 0 Å². The standard InChI is InChI=1S/C14H17N4O6.Pb/c1-9(14(24)16-6-7-19)17-10(20)4-5-15-11(21)8-18-12(22)2-3-13(18)23;/h2-3,7,9H,1,4-6,8H2,(H,15,21)(H,16,24)(H,17,20);. The molecule has 0 aliphatic carbocycles. The minimum absolute atomic E-state index is 0.00185. The molecule has 3 radical (unpaired) electrons. The van der Waals surface area contributed by atoms with Crippen molar-refractivity contribution in [2.45, 2.75) is 16.4 Å². The van der Waals surface area contributed by atoms with Crippen molar-refractivity contribution in [1.82, 2.24) is 20.9 Å². The van der Waals surface area contributed by atoms with E-state index in [4.69, 9.17) is 0 Å². The number of nitrogens with one attached hydrogen (secondary N) is 3. The van der Waals surface area contributed by atoms with Crippen LogP contribution in [0.25, 0.3) is 0 Å². The van der Waals surface area contributed by atoms with E-state index in [9.17, 15) is 28.8 Å². The summed E-state index contributed by atoms with van der Waals surface area (Å²) in [5.41, 5.74) is 0. The van der Waals surface area contributed by atoms with E-state index in [0.717, 1.165) is 17.1 Å². The fourth-order valence-electron chi connectivity index (χ4n) is 1.84. The summed E-state index contributed by atoms with van der Waals surface area (Å²) < 4.78 is 0.481. The molecule has 10 nitrogen and oxygen atoms in total. The van der Waals surface area contributed by atoms with Crippen molar-refractivity contribution in [3.8, 4) is 0 Å². The maximum absolute atomic E-state index is 11.8. The molecule has 0 spiro atoms. The number of hydrogen-bond acceptors (Lipinski definition) is 6. The summed E-state index contributed by atoms with van der Waals surface area (Å²) in [5, 5.41) is 7.32.